The number of hydrogen-bond donors (Lipinski definition) is 3. The van der Waals surface area contributed by atoms with Crippen molar-refractivity contribution in [1.29, 1.82) is 0 Å². The highest BCUT2D eigenvalue weighted by molar-refractivity contribution is 9.10. The highest BCUT2D eigenvalue weighted by atomic mass is 79.9. The van der Waals surface area contributed by atoms with Crippen LogP contribution >= 0.6 is 63.7 Å². The molecule has 21 heteroatoms. The normalized spacial score (nSPS) is 15.1. The summed E-state index contributed by atoms with van der Waals surface area (Å²) in [5.74, 6) is -4.95. The standard InChI is InChI=1S/C36H58Br4O17/c1-30(2,37)23(43)52-16-35(10,17-53-24(44)31(3,4)38)28(48)56-20-34(9,27(47)51-13-12-50-15-22(42)14-41)21-57-29(49)36(11,18-54-25(45)32(5,6)39)19-55-26(46)33(7,8)40/h22,28,41-42,48H,12-21H2,1-11H3. The summed E-state index contributed by atoms with van der Waals surface area (Å²) in [5, 5.41) is 29.9. The van der Waals surface area contributed by atoms with E-state index in [9.17, 15) is 39.0 Å². The molecule has 0 heterocycles. The molecular weight excluding hydrogens is 1020 g/mol. The second kappa shape index (κ2) is 22.9. The average molecular weight is 1080 g/mol. The third kappa shape index (κ3) is 20.1. The van der Waals surface area contributed by atoms with Crippen LogP contribution in [0, 0.1) is 16.2 Å². The van der Waals surface area contributed by atoms with Crippen molar-refractivity contribution in [1.82, 2.24) is 0 Å². The van der Waals surface area contributed by atoms with E-state index in [4.69, 9.17) is 43.0 Å². The number of carbonyl (C=O) groups is 6. The molecule has 0 aromatic rings. The maximum atomic E-state index is 13.8. The van der Waals surface area contributed by atoms with E-state index in [2.05, 4.69) is 63.7 Å². The molecule has 17 nitrogen and oxygen atoms in total. The number of aliphatic hydroxyl groups excluding tert-OH is 3. The first-order valence-corrected chi connectivity index (χ1v) is 20.8. The van der Waals surface area contributed by atoms with Crippen LogP contribution in [-0.2, 0) is 66.7 Å². The zero-order valence-electron chi connectivity index (χ0n) is 34.3. The van der Waals surface area contributed by atoms with Gasteiger partial charge in [-0.2, -0.15) is 0 Å². The van der Waals surface area contributed by atoms with E-state index in [0.717, 1.165) is 0 Å². The second-order valence-corrected chi connectivity index (χ2v) is 24.2. The molecule has 0 aromatic heterocycles. The van der Waals surface area contributed by atoms with Gasteiger partial charge in [0.15, 0.2) is 6.29 Å². The number of aliphatic hydroxyl groups is 3. The molecule has 0 saturated heterocycles. The van der Waals surface area contributed by atoms with Crippen molar-refractivity contribution in [2.75, 3.05) is 66.1 Å². The Morgan fingerprint density at radius 2 is 0.789 bits per heavy atom. The summed E-state index contributed by atoms with van der Waals surface area (Å²) < 4.78 is 39.0. The number of rotatable bonds is 26. The van der Waals surface area contributed by atoms with E-state index in [1.807, 2.05) is 0 Å². The Morgan fingerprint density at radius 1 is 0.474 bits per heavy atom. The van der Waals surface area contributed by atoms with E-state index < -0.39 is 128 Å². The Morgan fingerprint density at radius 3 is 1.14 bits per heavy atom. The lowest BCUT2D eigenvalue weighted by Crippen LogP contribution is -2.49. The summed E-state index contributed by atoms with van der Waals surface area (Å²) in [4.78, 5) is 77.8. The van der Waals surface area contributed by atoms with E-state index in [0.29, 0.717) is 0 Å². The minimum absolute atomic E-state index is 0.201. The number of alkyl halides is 4. The molecule has 0 amide bonds. The molecular formula is C36H58Br4O17. The monoisotopic (exact) mass is 1080 g/mol. The largest absolute Gasteiger partial charge is 0.464 e. The molecule has 3 N–H and O–H groups in total. The quantitative estimate of drug-likeness (QED) is 0.0369. The Bertz CT molecular complexity index is 1300. The van der Waals surface area contributed by atoms with Crippen LogP contribution in [0.2, 0.25) is 0 Å². The van der Waals surface area contributed by atoms with Gasteiger partial charge in [0.1, 0.15) is 73.9 Å². The van der Waals surface area contributed by atoms with Crippen molar-refractivity contribution >= 4 is 99.5 Å². The number of esters is 6. The average Bonchev–Trinajstić information content (AvgIpc) is 3.09. The van der Waals surface area contributed by atoms with Gasteiger partial charge in [-0.05, 0) is 76.2 Å². The molecule has 0 rings (SSSR count). The molecule has 0 fully saturated rings. The molecule has 3 unspecified atom stereocenters. The van der Waals surface area contributed by atoms with Crippen molar-refractivity contribution in [3.63, 3.8) is 0 Å². The van der Waals surface area contributed by atoms with Gasteiger partial charge >= 0.3 is 35.8 Å². The van der Waals surface area contributed by atoms with Crippen molar-refractivity contribution in [3.05, 3.63) is 0 Å². The Labute approximate surface area is 367 Å². The Kier molecular flexibility index (Phi) is 22.4. The van der Waals surface area contributed by atoms with Crippen LogP contribution < -0.4 is 0 Å². The van der Waals surface area contributed by atoms with Crippen molar-refractivity contribution in [2.24, 2.45) is 16.2 Å². The minimum atomic E-state index is -1.89. The van der Waals surface area contributed by atoms with E-state index in [-0.39, 0.29) is 19.8 Å². The highest BCUT2D eigenvalue weighted by Crippen LogP contribution is 2.32. The molecule has 0 aliphatic rings. The SMILES string of the molecule is CC(C)(Br)C(=O)OCC(C)(COC(=O)C(C)(C)Br)C(=O)OCC(C)(COC(O)C(C)(COC(=O)C(C)(C)Br)COC(=O)C(C)(C)Br)C(=O)OCCOCC(O)CO. The van der Waals surface area contributed by atoms with Crippen LogP contribution in [0.25, 0.3) is 0 Å². The van der Waals surface area contributed by atoms with Gasteiger partial charge in [0, 0.05) is 0 Å². The van der Waals surface area contributed by atoms with Gasteiger partial charge in [-0.3, -0.25) is 28.8 Å². The Balaban J connectivity index is 6.56. The van der Waals surface area contributed by atoms with Crippen LogP contribution in [-0.4, -0.2) is 147 Å². The molecule has 0 aliphatic heterocycles. The van der Waals surface area contributed by atoms with Crippen molar-refractivity contribution in [2.45, 2.75) is 106 Å². The smallest absolute Gasteiger partial charge is 0.322 e. The van der Waals surface area contributed by atoms with Gasteiger partial charge in [0.05, 0.1) is 31.8 Å². The van der Waals surface area contributed by atoms with Gasteiger partial charge in [-0.25, -0.2) is 0 Å². The lowest BCUT2D eigenvalue weighted by atomic mass is 9.89. The Hall–Kier alpha value is -1.46. The predicted octanol–water partition coefficient (Wildman–Crippen LogP) is 3.66. The van der Waals surface area contributed by atoms with Gasteiger partial charge in [0.25, 0.3) is 0 Å². The first-order valence-electron chi connectivity index (χ1n) is 17.6. The van der Waals surface area contributed by atoms with Crippen molar-refractivity contribution in [3.8, 4) is 0 Å². The minimum Gasteiger partial charge on any atom is -0.464 e. The van der Waals surface area contributed by atoms with Crippen LogP contribution in [0.3, 0.4) is 0 Å². The number of halogens is 4. The van der Waals surface area contributed by atoms with E-state index >= 15 is 0 Å². The van der Waals surface area contributed by atoms with E-state index in [1.54, 1.807) is 0 Å². The highest BCUT2D eigenvalue weighted by Gasteiger charge is 2.46. The maximum absolute atomic E-state index is 13.8. The van der Waals surface area contributed by atoms with E-state index in [1.165, 1.54) is 76.2 Å². The summed E-state index contributed by atoms with van der Waals surface area (Å²) in [5.41, 5.74) is -5.31. The number of hydrogen-bond acceptors (Lipinski definition) is 17. The summed E-state index contributed by atoms with van der Waals surface area (Å²) in [7, 11) is 0. The number of carbonyl (C=O) groups excluding carboxylic acids is 6. The molecule has 0 aliphatic carbocycles. The zero-order chi connectivity index (χ0) is 44.8. The fourth-order valence-electron chi connectivity index (χ4n) is 3.60. The fourth-order valence-corrected chi connectivity index (χ4v) is 4.06. The maximum Gasteiger partial charge on any atom is 0.322 e. The summed E-state index contributed by atoms with van der Waals surface area (Å²) in [6.45, 7) is 11.2. The van der Waals surface area contributed by atoms with Crippen LogP contribution in [0.15, 0.2) is 0 Å². The van der Waals surface area contributed by atoms with Crippen LogP contribution in [0.4, 0.5) is 0 Å². The van der Waals surface area contributed by atoms with Gasteiger partial charge < -0.3 is 53.2 Å². The van der Waals surface area contributed by atoms with Crippen LogP contribution in [0.1, 0.15) is 76.2 Å². The topological polar surface area (TPSA) is 237 Å². The lowest BCUT2D eigenvalue weighted by molar-refractivity contribution is -0.222. The second-order valence-electron chi connectivity index (χ2n) is 16.3. The first kappa shape index (κ1) is 55.5. The molecule has 0 spiro atoms. The summed E-state index contributed by atoms with van der Waals surface area (Å²) >= 11 is 12.8. The molecule has 0 bridgehead atoms. The van der Waals surface area contributed by atoms with Gasteiger partial charge in [0.2, 0.25) is 0 Å². The fraction of sp³-hybridized carbons (Fsp3) is 0.833. The van der Waals surface area contributed by atoms with Gasteiger partial charge in [-0.15, -0.1) is 0 Å². The van der Waals surface area contributed by atoms with Crippen molar-refractivity contribution < 1.29 is 82.0 Å². The molecule has 57 heavy (non-hydrogen) atoms. The molecule has 0 saturated carbocycles. The molecule has 0 aromatic carbocycles. The zero-order valence-corrected chi connectivity index (χ0v) is 40.6. The predicted molar refractivity (Wildman–Crippen MR) is 218 cm³/mol. The first-order chi connectivity index (χ1) is 25.6. The molecule has 0 radical (unpaired) electrons. The van der Waals surface area contributed by atoms with Gasteiger partial charge in [-0.1, -0.05) is 63.7 Å². The summed E-state index contributed by atoms with van der Waals surface area (Å²) in [6, 6.07) is 0. The molecule has 332 valence electrons. The lowest BCUT2D eigenvalue weighted by Gasteiger charge is -2.36. The third-order valence-electron chi connectivity index (χ3n) is 7.70. The molecule has 3 atom stereocenters. The third-order valence-corrected chi connectivity index (χ3v) is 8.99. The number of ether oxygens (including phenoxy) is 8. The van der Waals surface area contributed by atoms with Crippen LogP contribution in [0.5, 0.6) is 0 Å². The summed E-state index contributed by atoms with van der Waals surface area (Å²) in [6.07, 6.45) is -3.05.